The maximum absolute atomic E-state index is 9.55. The summed E-state index contributed by atoms with van der Waals surface area (Å²) in [6.07, 6.45) is 0.0725. The highest BCUT2D eigenvalue weighted by atomic mass is 16.5. The predicted molar refractivity (Wildman–Crippen MR) is 109 cm³/mol. The minimum absolute atomic E-state index is 0. The Labute approximate surface area is 154 Å². The van der Waals surface area contributed by atoms with Crippen LogP contribution in [0.3, 0.4) is 0 Å². The zero-order chi connectivity index (χ0) is 13.6. The van der Waals surface area contributed by atoms with Crippen LogP contribution >= 0.6 is 0 Å². The first kappa shape index (κ1) is 43.8. The molecule has 0 aliphatic carbocycles. The van der Waals surface area contributed by atoms with Crippen LogP contribution in [0.4, 0.5) is 0 Å². The van der Waals surface area contributed by atoms with Crippen molar-refractivity contribution in [1.29, 1.82) is 0 Å². The summed E-state index contributed by atoms with van der Waals surface area (Å²) in [5.74, 6) is 0.136. The number of rotatable bonds is 13. The van der Waals surface area contributed by atoms with Crippen molar-refractivity contribution >= 4 is 0 Å². The Morgan fingerprint density at radius 1 is 0.750 bits per heavy atom. The lowest BCUT2D eigenvalue weighted by atomic mass is 10.0. The molecule has 0 aromatic heterocycles. The maximum atomic E-state index is 9.55. The lowest BCUT2D eigenvalue weighted by molar-refractivity contribution is -0.00656. The minimum Gasteiger partial charge on any atom is -0.392 e. The number of aliphatic hydroxyl groups is 1. The van der Waals surface area contributed by atoms with Crippen LogP contribution in [-0.2, 0) is 18.9 Å². The first-order valence-electron chi connectivity index (χ1n) is 6.26. The van der Waals surface area contributed by atoms with Crippen LogP contribution in [-0.4, -0.2) is 71.6 Å². The Bertz CT molecular complexity index is 161. The first-order chi connectivity index (χ1) is 8.74. The molecule has 0 aliphatic rings. The lowest BCUT2D eigenvalue weighted by Crippen LogP contribution is -2.28. The van der Waals surface area contributed by atoms with Crippen molar-refractivity contribution in [1.82, 2.24) is 0 Å². The van der Waals surface area contributed by atoms with E-state index in [1.807, 2.05) is 0 Å². The Hall–Kier alpha value is -0.240. The van der Waals surface area contributed by atoms with E-state index >= 15 is 0 Å². The van der Waals surface area contributed by atoms with Crippen molar-refractivity contribution in [3.05, 3.63) is 0 Å². The van der Waals surface area contributed by atoms with E-state index in [0.717, 1.165) is 0 Å². The van der Waals surface area contributed by atoms with E-state index < -0.39 is 6.10 Å². The van der Waals surface area contributed by atoms with Crippen molar-refractivity contribution in [2.75, 3.05) is 60.4 Å². The lowest BCUT2D eigenvalue weighted by Gasteiger charge is -2.19. The summed E-state index contributed by atoms with van der Waals surface area (Å²) in [4.78, 5) is 0. The molecule has 0 aromatic rings. The van der Waals surface area contributed by atoms with Crippen molar-refractivity contribution < 1.29 is 24.1 Å². The maximum Gasteiger partial charge on any atom is 0.0700 e. The molecule has 0 amide bonds. The van der Waals surface area contributed by atoms with Crippen LogP contribution in [0.15, 0.2) is 0 Å². The molecule has 158 valence electrons. The van der Waals surface area contributed by atoms with E-state index in [4.69, 9.17) is 24.7 Å². The van der Waals surface area contributed by atoms with E-state index in [9.17, 15) is 5.11 Å². The number of hydrogen-bond donors (Lipinski definition) is 2. The monoisotopic (exact) mass is 361 g/mol. The zero-order valence-corrected chi connectivity index (χ0v) is 11.5. The van der Waals surface area contributed by atoms with Gasteiger partial charge in [-0.25, -0.2) is 0 Å². The number of aliphatic hydroxyl groups excluding tert-OH is 1. The van der Waals surface area contributed by atoms with Crippen molar-refractivity contribution in [3.63, 3.8) is 0 Å². The quantitative estimate of drug-likeness (QED) is 0.489. The normalized spacial score (nSPS) is 9.88. The molecule has 1 unspecified atom stereocenters. The van der Waals surface area contributed by atoms with Gasteiger partial charge in [-0.1, -0.05) is 44.6 Å². The average Bonchev–Trinajstić information content (AvgIpc) is 2.39. The van der Waals surface area contributed by atoms with Gasteiger partial charge in [-0.3, -0.25) is 0 Å². The molecule has 0 saturated heterocycles. The standard InChI is InChI=1S/C12H27NO5.6CH4/c1-15-3-5-17-9-11(7-12(14)8-13)10-18-6-4-16-2;;;;;;/h11-12,14H,3-10,13H2,1-2H3;6*1H4. The molecule has 0 spiro atoms. The van der Waals surface area contributed by atoms with Gasteiger partial charge < -0.3 is 29.8 Å². The molecular weight excluding hydrogens is 310 g/mol. The number of ether oxygens (including phenoxy) is 4. The van der Waals surface area contributed by atoms with E-state index in [1.54, 1.807) is 14.2 Å². The predicted octanol–water partition coefficient (Wildman–Crippen LogP) is 3.45. The van der Waals surface area contributed by atoms with Gasteiger partial charge in [0.1, 0.15) is 0 Å². The van der Waals surface area contributed by atoms with Gasteiger partial charge in [-0.05, 0) is 6.42 Å². The summed E-state index contributed by atoms with van der Waals surface area (Å²) in [6.45, 7) is 3.55. The Balaban J connectivity index is -0.0000000963. The van der Waals surface area contributed by atoms with Gasteiger partial charge in [0.2, 0.25) is 0 Å². The molecule has 0 heterocycles. The zero-order valence-electron chi connectivity index (χ0n) is 11.5. The van der Waals surface area contributed by atoms with Gasteiger partial charge in [-0.15, -0.1) is 0 Å². The largest absolute Gasteiger partial charge is 0.392 e. The summed E-state index contributed by atoms with van der Waals surface area (Å²) in [5.41, 5.74) is 5.40. The Morgan fingerprint density at radius 3 is 1.42 bits per heavy atom. The third kappa shape index (κ3) is 29.7. The van der Waals surface area contributed by atoms with Crippen molar-refractivity contribution in [3.8, 4) is 0 Å². The number of methoxy groups -OCH3 is 2. The highest BCUT2D eigenvalue weighted by Crippen LogP contribution is 2.08. The third-order valence-electron chi connectivity index (χ3n) is 2.45. The molecule has 0 radical (unpaired) electrons. The Morgan fingerprint density at radius 2 is 1.12 bits per heavy atom. The molecule has 0 aliphatic heterocycles. The fraction of sp³-hybridized carbons (Fsp3) is 1.00. The summed E-state index contributed by atoms with van der Waals surface area (Å²) in [5, 5.41) is 9.55. The van der Waals surface area contributed by atoms with Crippen LogP contribution in [0.5, 0.6) is 0 Å². The van der Waals surface area contributed by atoms with E-state index in [2.05, 4.69) is 0 Å². The molecule has 0 aromatic carbocycles. The van der Waals surface area contributed by atoms with Crippen molar-refractivity contribution in [2.45, 2.75) is 57.1 Å². The second-order valence-electron chi connectivity index (χ2n) is 4.13. The Kier molecular flexibility index (Phi) is 62.4. The summed E-state index contributed by atoms with van der Waals surface area (Å²) < 4.78 is 20.7. The molecule has 0 bridgehead atoms. The molecule has 24 heavy (non-hydrogen) atoms. The van der Waals surface area contributed by atoms with E-state index in [1.165, 1.54) is 0 Å². The van der Waals surface area contributed by atoms with Crippen molar-refractivity contribution in [2.24, 2.45) is 11.7 Å². The number of hydrogen-bond acceptors (Lipinski definition) is 6. The molecule has 0 saturated carbocycles. The molecule has 0 fully saturated rings. The molecular formula is C18H51NO5. The summed E-state index contributed by atoms with van der Waals surface area (Å²) in [6, 6.07) is 0. The minimum atomic E-state index is -0.507. The van der Waals surface area contributed by atoms with Crippen LogP contribution in [0.1, 0.15) is 51.0 Å². The molecule has 6 heteroatoms. The second kappa shape index (κ2) is 34.2. The van der Waals surface area contributed by atoms with Crippen LogP contribution in [0.2, 0.25) is 0 Å². The van der Waals surface area contributed by atoms with Crippen LogP contribution in [0.25, 0.3) is 0 Å². The fourth-order valence-corrected chi connectivity index (χ4v) is 1.45. The van der Waals surface area contributed by atoms with Gasteiger partial charge in [-0.2, -0.15) is 0 Å². The van der Waals surface area contributed by atoms with Gasteiger partial charge in [0, 0.05) is 26.7 Å². The SMILES string of the molecule is C.C.C.C.C.C.COCCOCC(COCCOC)CC(O)CN. The summed E-state index contributed by atoms with van der Waals surface area (Å²) in [7, 11) is 3.26. The molecule has 0 rings (SSSR count). The molecule has 3 N–H and O–H groups in total. The van der Waals surface area contributed by atoms with Gasteiger partial charge in [0.25, 0.3) is 0 Å². The van der Waals surface area contributed by atoms with Gasteiger partial charge in [0.05, 0.1) is 45.7 Å². The van der Waals surface area contributed by atoms with Crippen LogP contribution < -0.4 is 5.73 Å². The van der Waals surface area contributed by atoms with Crippen LogP contribution in [0, 0.1) is 5.92 Å². The number of nitrogens with two attached hydrogens (primary N) is 1. The molecule has 1 atom stereocenters. The molecule has 6 nitrogen and oxygen atoms in total. The van der Waals surface area contributed by atoms with Gasteiger partial charge >= 0.3 is 0 Å². The summed E-state index contributed by atoms with van der Waals surface area (Å²) >= 11 is 0. The fourth-order valence-electron chi connectivity index (χ4n) is 1.45. The topological polar surface area (TPSA) is 83.2 Å². The van der Waals surface area contributed by atoms with Gasteiger partial charge in [0.15, 0.2) is 0 Å². The highest BCUT2D eigenvalue weighted by molar-refractivity contribution is 4.65. The smallest absolute Gasteiger partial charge is 0.0700 e. The average molecular weight is 362 g/mol. The van der Waals surface area contributed by atoms with E-state index in [-0.39, 0.29) is 57.0 Å². The first-order valence-corrected chi connectivity index (χ1v) is 6.26. The van der Waals surface area contributed by atoms with E-state index in [0.29, 0.717) is 46.1 Å². The highest BCUT2D eigenvalue weighted by Gasteiger charge is 2.14. The third-order valence-corrected chi connectivity index (χ3v) is 2.45. The second-order valence-corrected chi connectivity index (χ2v) is 4.13.